The zero-order valence-electron chi connectivity index (χ0n) is 12.2. The molecule has 2 rings (SSSR count). The summed E-state index contributed by atoms with van der Waals surface area (Å²) in [5.41, 5.74) is 0. The Morgan fingerprint density at radius 3 is 2.75 bits per heavy atom. The first-order chi connectivity index (χ1) is 9.45. The summed E-state index contributed by atoms with van der Waals surface area (Å²) in [4.78, 5) is 31.8. The average Bonchev–Trinajstić information content (AvgIpc) is 2.72. The number of likely N-dealkylation sites (N-methyl/N-ethyl adjacent to an activating group) is 1. The fourth-order valence-corrected chi connectivity index (χ4v) is 3.13. The quantitative estimate of drug-likeness (QED) is 0.796. The molecule has 2 heterocycles. The number of carbonyl (C=O) groups excluding carboxylic acids is 2. The number of nitrogens with zero attached hydrogens (tertiary/aromatic N) is 3. The van der Waals surface area contributed by atoms with Crippen LogP contribution >= 0.6 is 11.8 Å². The normalized spacial score (nSPS) is 26.4. The van der Waals surface area contributed by atoms with Gasteiger partial charge in [0.15, 0.2) is 17.4 Å². The number of thioether (sulfide) groups is 1. The highest BCUT2D eigenvalue weighted by atomic mass is 32.2. The molecular formula is C13H20N4O2S. The number of imide groups is 1. The van der Waals surface area contributed by atoms with Crippen molar-refractivity contribution < 1.29 is 9.59 Å². The molecule has 0 spiro atoms. The molecule has 0 bridgehead atoms. The van der Waals surface area contributed by atoms with Crippen molar-refractivity contribution in [2.75, 3.05) is 13.6 Å². The second kappa shape index (κ2) is 5.87. The van der Waals surface area contributed by atoms with Crippen LogP contribution in [0.4, 0.5) is 4.79 Å². The van der Waals surface area contributed by atoms with E-state index in [4.69, 9.17) is 0 Å². The van der Waals surface area contributed by atoms with E-state index in [1.54, 1.807) is 18.8 Å². The van der Waals surface area contributed by atoms with Gasteiger partial charge in [0.05, 0.1) is 0 Å². The highest BCUT2D eigenvalue weighted by molar-refractivity contribution is 8.14. The van der Waals surface area contributed by atoms with E-state index in [0.29, 0.717) is 11.8 Å². The van der Waals surface area contributed by atoms with E-state index in [2.05, 4.69) is 24.2 Å². The van der Waals surface area contributed by atoms with Crippen molar-refractivity contribution in [2.45, 2.75) is 38.2 Å². The van der Waals surface area contributed by atoms with Crippen molar-refractivity contribution in [3.63, 3.8) is 0 Å². The number of allylic oxidation sites excluding steroid dienone is 1. The first kappa shape index (κ1) is 14.9. The molecule has 1 saturated heterocycles. The summed E-state index contributed by atoms with van der Waals surface area (Å²) in [6, 6.07) is -0.822. The number of amidine groups is 1. The largest absolute Gasteiger partial charge is 0.332 e. The Labute approximate surface area is 123 Å². The molecular weight excluding hydrogens is 276 g/mol. The van der Waals surface area contributed by atoms with Crippen molar-refractivity contribution in [1.29, 1.82) is 0 Å². The van der Waals surface area contributed by atoms with E-state index >= 15 is 0 Å². The van der Waals surface area contributed by atoms with Crippen LogP contribution in [0.1, 0.15) is 20.8 Å². The number of amides is 3. The minimum Gasteiger partial charge on any atom is -0.332 e. The molecule has 0 aromatic carbocycles. The molecule has 1 fully saturated rings. The topological polar surface area (TPSA) is 65.0 Å². The predicted octanol–water partition coefficient (Wildman–Crippen LogP) is 1.25. The Kier molecular flexibility index (Phi) is 4.37. The Morgan fingerprint density at radius 2 is 2.15 bits per heavy atom. The minimum absolute atomic E-state index is 0.272. The summed E-state index contributed by atoms with van der Waals surface area (Å²) in [5, 5.41) is 3.57. The van der Waals surface area contributed by atoms with Crippen LogP contribution in [0.5, 0.6) is 0 Å². The third-order valence-electron chi connectivity index (χ3n) is 3.20. The highest BCUT2D eigenvalue weighted by Crippen LogP contribution is 2.29. The van der Waals surface area contributed by atoms with Gasteiger partial charge in [0.25, 0.3) is 5.91 Å². The van der Waals surface area contributed by atoms with Crippen LogP contribution in [0.2, 0.25) is 0 Å². The molecule has 0 aliphatic carbocycles. The van der Waals surface area contributed by atoms with Crippen LogP contribution in [0.25, 0.3) is 0 Å². The number of hydrogen-bond acceptors (Lipinski definition) is 5. The van der Waals surface area contributed by atoms with Gasteiger partial charge in [-0.3, -0.25) is 10.1 Å². The number of urea groups is 1. The lowest BCUT2D eigenvalue weighted by molar-refractivity contribution is -0.126. The Balaban J connectivity index is 2.30. The summed E-state index contributed by atoms with van der Waals surface area (Å²) in [6.45, 7) is 6.72. The maximum atomic E-state index is 12.1. The van der Waals surface area contributed by atoms with Gasteiger partial charge in [-0.05, 0) is 6.92 Å². The molecule has 110 valence electrons. The van der Waals surface area contributed by atoms with Crippen molar-refractivity contribution in [3.05, 3.63) is 12.2 Å². The van der Waals surface area contributed by atoms with Crippen LogP contribution in [-0.2, 0) is 4.79 Å². The first-order valence-corrected chi connectivity index (χ1v) is 7.53. The number of rotatable bonds is 3. The fraction of sp³-hybridized carbons (Fsp3) is 0.615. The van der Waals surface area contributed by atoms with Crippen molar-refractivity contribution in [1.82, 2.24) is 15.1 Å². The molecule has 2 aliphatic rings. The second-order valence-corrected chi connectivity index (χ2v) is 6.61. The van der Waals surface area contributed by atoms with E-state index in [1.807, 2.05) is 24.0 Å². The van der Waals surface area contributed by atoms with Crippen molar-refractivity contribution >= 4 is 28.9 Å². The van der Waals surface area contributed by atoms with Crippen LogP contribution < -0.4 is 5.32 Å². The third-order valence-corrected chi connectivity index (χ3v) is 4.22. The van der Waals surface area contributed by atoms with Crippen molar-refractivity contribution in [2.24, 2.45) is 4.99 Å². The minimum atomic E-state index is -0.435. The smallest absolute Gasteiger partial charge is 0.325 e. The number of fused-ring (bicyclic) bond motifs is 1. The van der Waals surface area contributed by atoms with Gasteiger partial charge in [-0.1, -0.05) is 37.8 Å². The monoisotopic (exact) mass is 296 g/mol. The zero-order valence-corrected chi connectivity index (χ0v) is 13.0. The standard InChI is InChI=1S/C13H20N4O2S/c1-5-6-7-17-9-10(14-13(17)20-8(2)3)16(4)12(19)15-11(9)18/h5-6,8-10H,7H2,1-4H3,(H,15,18,19)/b6-5+. The van der Waals surface area contributed by atoms with Gasteiger partial charge in [-0.2, -0.15) is 0 Å². The lowest BCUT2D eigenvalue weighted by Crippen LogP contribution is -2.63. The molecule has 0 aromatic heterocycles. The van der Waals surface area contributed by atoms with Gasteiger partial charge in [-0.25, -0.2) is 9.79 Å². The molecule has 3 amide bonds. The number of nitrogens with one attached hydrogen (secondary N) is 1. The second-order valence-electron chi connectivity index (χ2n) is 5.06. The van der Waals surface area contributed by atoms with E-state index in [9.17, 15) is 9.59 Å². The summed E-state index contributed by atoms with van der Waals surface area (Å²) >= 11 is 1.62. The summed E-state index contributed by atoms with van der Waals surface area (Å²) < 4.78 is 0. The zero-order chi connectivity index (χ0) is 14.9. The molecule has 2 unspecified atom stereocenters. The van der Waals surface area contributed by atoms with E-state index < -0.39 is 12.2 Å². The van der Waals surface area contributed by atoms with Crippen LogP contribution in [0.15, 0.2) is 17.1 Å². The number of hydrogen-bond donors (Lipinski definition) is 1. The molecule has 2 atom stereocenters. The van der Waals surface area contributed by atoms with Crippen LogP contribution in [-0.4, -0.2) is 58.0 Å². The Hall–Kier alpha value is -1.50. The van der Waals surface area contributed by atoms with E-state index in [1.165, 1.54) is 4.90 Å². The van der Waals surface area contributed by atoms with Gasteiger partial charge in [0, 0.05) is 18.8 Å². The van der Waals surface area contributed by atoms with Crippen molar-refractivity contribution in [3.8, 4) is 0 Å². The van der Waals surface area contributed by atoms with E-state index in [0.717, 1.165) is 5.17 Å². The highest BCUT2D eigenvalue weighted by Gasteiger charge is 2.48. The lowest BCUT2D eigenvalue weighted by atomic mass is 10.1. The van der Waals surface area contributed by atoms with Crippen LogP contribution in [0.3, 0.4) is 0 Å². The predicted molar refractivity (Wildman–Crippen MR) is 80.6 cm³/mol. The lowest BCUT2D eigenvalue weighted by Gasteiger charge is -2.35. The molecule has 2 aliphatic heterocycles. The van der Waals surface area contributed by atoms with Gasteiger partial charge in [0.1, 0.15) is 0 Å². The summed E-state index contributed by atoms with van der Waals surface area (Å²) in [6.07, 6.45) is 3.51. The molecule has 6 nitrogen and oxygen atoms in total. The fourth-order valence-electron chi connectivity index (χ4n) is 2.22. The van der Waals surface area contributed by atoms with Gasteiger partial charge >= 0.3 is 6.03 Å². The molecule has 0 aromatic rings. The average molecular weight is 296 g/mol. The third kappa shape index (κ3) is 2.67. The Morgan fingerprint density at radius 1 is 1.45 bits per heavy atom. The molecule has 7 heteroatoms. The summed E-state index contributed by atoms with van der Waals surface area (Å²) in [7, 11) is 1.67. The molecule has 0 radical (unpaired) electrons. The maximum absolute atomic E-state index is 12.1. The maximum Gasteiger partial charge on any atom is 0.325 e. The van der Waals surface area contributed by atoms with E-state index in [-0.39, 0.29) is 11.9 Å². The molecule has 0 saturated carbocycles. The number of carbonyl (C=O) groups is 2. The van der Waals surface area contributed by atoms with Gasteiger partial charge in [0.2, 0.25) is 0 Å². The first-order valence-electron chi connectivity index (χ1n) is 6.65. The van der Waals surface area contributed by atoms with Gasteiger partial charge < -0.3 is 9.80 Å². The molecule has 1 N–H and O–H groups in total. The SMILES string of the molecule is C/C=C/CN1C(SC(C)C)=NC2C1C(=O)NC(=O)N2C. The molecule has 20 heavy (non-hydrogen) atoms. The summed E-state index contributed by atoms with van der Waals surface area (Å²) in [5.74, 6) is -0.272. The van der Waals surface area contributed by atoms with Crippen LogP contribution in [0, 0.1) is 0 Å². The number of aliphatic imine (C=N–C) groups is 1. The Bertz CT molecular complexity index is 475. The van der Waals surface area contributed by atoms with Gasteiger partial charge in [-0.15, -0.1) is 0 Å².